The van der Waals surface area contributed by atoms with Gasteiger partial charge < -0.3 is 5.32 Å². The van der Waals surface area contributed by atoms with Gasteiger partial charge in [-0.15, -0.1) is 23.1 Å². The van der Waals surface area contributed by atoms with Crippen LogP contribution in [0.2, 0.25) is 0 Å². The average Bonchev–Trinajstić information content (AvgIpc) is 3.13. The topological polar surface area (TPSA) is 42.0 Å². The van der Waals surface area contributed by atoms with Crippen LogP contribution in [0.25, 0.3) is 0 Å². The van der Waals surface area contributed by atoms with Crippen LogP contribution >= 0.6 is 23.1 Å². The van der Waals surface area contributed by atoms with Crippen LogP contribution in [-0.4, -0.2) is 16.6 Å². The number of nitrogens with one attached hydrogen (secondary N) is 1. The van der Waals surface area contributed by atoms with E-state index >= 15 is 0 Å². The fourth-order valence-electron chi connectivity index (χ4n) is 1.93. The molecule has 0 bridgehead atoms. The SMILES string of the molecule is O=C(CSc1cccs1)Nc1cccc(C#Cc2ccccn2)c1. The molecule has 0 aliphatic carbocycles. The van der Waals surface area contributed by atoms with Crippen molar-refractivity contribution in [2.24, 2.45) is 0 Å². The minimum absolute atomic E-state index is 0.0248. The molecule has 1 amide bonds. The number of thioether (sulfide) groups is 1. The van der Waals surface area contributed by atoms with E-state index in [4.69, 9.17) is 0 Å². The Morgan fingerprint density at radius 2 is 2.08 bits per heavy atom. The Hall–Kier alpha value is -2.55. The molecule has 3 nitrogen and oxygen atoms in total. The van der Waals surface area contributed by atoms with Crippen LogP contribution < -0.4 is 5.32 Å². The zero-order valence-electron chi connectivity index (χ0n) is 12.7. The highest BCUT2D eigenvalue weighted by atomic mass is 32.2. The smallest absolute Gasteiger partial charge is 0.234 e. The molecule has 1 aromatic carbocycles. The van der Waals surface area contributed by atoms with Gasteiger partial charge in [0.1, 0.15) is 5.69 Å². The van der Waals surface area contributed by atoms with E-state index in [1.165, 1.54) is 11.8 Å². The molecule has 2 aromatic heterocycles. The highest BCUT2D eigenvalue weighted by molar-refractivity contribution is 8.01. The zero-order chi connectivity index (χ0) is 16.6. The van der Waals surface area contributed by atoms with Crippen molar-refractivity contribution in [2.45, 2.75) is 4.21 Å². The summed E-state index contributed by atoms with van der Waals surface area (Å²) < 4.78 is 1.14. The molecule has 0 spiro atoms. The molecule has 0 aliphatic heterocycles. The van der Waals surface area contributed by atoms with E-state index in [1.54, 1.807) is 17.5 Å². The van der Waals surface area contributed by atoms with Gasteiger partial charge in [0.2, 0.25) is 5.91 Å². The van der Waals surface area contributed by atoms with Crippen molar-refractivity contribution in [1.29, 1.82) is 0 Å². The largest absolute Gasteiger partial charge is 0.325 e. The van der Waals surface area contributed by atoms with Crippen molar-refractivity contribution in [1.82, 2.24) is 4.98 Å². The van der Waals surface area contributed by atoms with Crippen molar-refractivity contribution < 1.29 is 4.79 Å². The Kier molecular flexibility index (Phi) is 5.67. The number of carbonyl (C=O) groups excluding carboxylic acids is 1. The van der Waals surface area contributed by atoms with E-state index < -0.39 is 0 Å². The van der Waals surface area contributed by atoms with Gasteiger partial charge in [-0.3, -0.25) is 4.79 Å². The standard InChI is InChI=1S/C19H14N2OS2/c22-18(14-24-19-8-4-12-23-19)21-17-7-3-5-15(13-17)9-10-16-6-1-2-11-20-16/h1-8,11-13H,14H2,(H,21,22). The Bertz CT molecular complexity index is 865. The summed E-state index contributed by atoms with van der Waals surface area (Å²) in [5.41, 5.74) is 2.31. The molecule has 0 atom stereocenters. The van der Waals surface area contributed by atoms with Crippen LogP contribution in [0.3, 0.4) is 0 Å². The molecule has 0 unspecified atom stereocenters. The molecule has 0 aliphatic rings. The third-order valence-corrected chi connectivity index (χ3v) is 5.12. The quantitative estimate of drug-likeness (QED) is 0.564. The Labute approximate surface area is 149 Å². The maximum Gasteiger partial charge on any atom is 0.234 e. The lowest BCUT2D eigenvalue weighted by Gasteiger charge is -2.04. The number of anilines is 1. The summed E-state index contributed by atoms with van der Waals surface area (Å²) in [5.74, 6) is 6.44. The van der Waals surface area contributed by atoms with Gasteiger partial charge in [-0.25, -0.2) is 4.98 Å². The second-order valence-corrected chi connectivity index (χ2v) is 7.04. The van der Waals surface area contributed by atoms with Gasteiger partial charge in [0.15, 0.2) is 0 Å². The molecule has 24 heavy (non-hydrogen) atoms. The first-order valence-electron chi connectivity index (χ1n) is 7.29. The van der Waals surface area contributed by atoms with Gasteiger partial charge in [-0.1, -0.05) is 24.1 Å². The summed E-state index contributed by atoms with van der Waals surface area (Å²) in [5, 5.41) is 4.91. The molecule has 0 fully saturated rings. The molecular weight excluding hydrogens is 336 g/mol. The summed E-state index contributed by atoms with van der Waals surface area (Å²) >= 11 is 3.17. The second-order valence-electron chi connectivity index (χ2n) is 4.81. The fourth-order valence-corrected chi connectivity index (χ4v) is 3.51. The van der Waals surface area contributed by atoms with Crippen molar-refractivity contribution in [2.75, 3.05) is 11.1 Å². The average molecular weight is 350 g/mol. The lowest BCUT2D eigenvalue weighted by Crippen LogP contribution is -2.13. The fraction of sp³-hybridized carbons (Fsp3) is 0.0526. The van der Waals surface area contributed by atoms with E-state index in [9.17, 15) is 4.79 Å². The molecular formula is C19H14N2OS2. The van der Waals surface area contributed by atoms with E-state index in [1.807, 2.05) is 60.0 Å². The number of carbonyl (C=O) groups is 1. The van der Waals surface area contributed by atoms with Gasteiger partial charge in [0.05, 0.1) is 9.96 Å². The van der Waals surface area contributed by atoms with Crippen molar-refractivity contribution in [3.8, 4) is 11.8 Å². The predicted octanol–water partition coefficient (Wildman–Crippen LogP) is 4.27. The summed E-state index contributed by atoms with van der Waals surface area (Å²) in [6, 6.07) is 17.1. The highest BCUT2D eigenvalue weighted by Gasteiger charge is 2.04. The maximum atomic E-state index is 12.0. The van der Waals surface area contributed by atoms with Crippen molar-refractivity contribution in [3.05, 3.63) is 77.4 Å². The van der Waals surface area contributed by atoms with E-state index in [0.29, 0.717) is 5.75 Å². The van der Waals surface area contributed by atoms with Crippen LogP contribution in [0.1, 0.15) is 11.3 Å². The number of nitrogens with zero attached hydrogens (tertiary/aromatic N) is 1. The summed E-state index contributed by atoms with van der Waals surface area (Å²) in [4.78, 5) is 16.2. The third kappa shape index (κ3) is 4.98. The summed E-state index contributed by atoms with van der Waals surface area (Å²) in [6.45, 7) is 0. The van der Waals surface area contributed by atoms with Crippen molar-refractivity contribution >= 4 is 34.7 Å². The molecule has 2 heterocycles. The van der Waals surface area contributed by atoms with Gasteiger partial charge in [-0.2, -0.15) is 0 Å². The van der Waals surface area contributed by atoms with Crippen LogP contribution in [0.15, 0.2) is 70.4 Å². The van der Waals surface area contributed by atoms with Crippen LogP contribution in [0, 0.1) is 11.8 Å². The minimum Gasteiger partial charge on any atom is -0.325 e. The second kappa shape index (κ2) is 8.34. The minimum atomic E-state index is -0.0248. The number of aromatic nitrogens is 1. The number of thiophene rings is 1. The summed E-state index contributed by atoms with van der Waals surface area (Å²) in [7, 11) is 0. The number of hydrogen-bond donors (Lipinski definition) is 1. The molecule has 118 valence electrons. The highest BCUT2D eigenvalue weighted by Crippen LogP contribution is 2.23. The Morgan fingerprint density at radius 1 is 1.12 bits per heavy atom. The molecule has 3 rings (SSSR count). The number of hydrogen-bond acceptors (Lipinski definition) is 4. The first-order valence-corrected chi connectivity index (χ1v) is 9.15. The molecule has 5 heteroatoms. The van der Waals surface area contributed by atoms with Gasteiger partial charge in [0, 0.05) is 17.4 Å². The van der Waals surface area contributed by atoms with Crippen molar-refractivity contribution in [3.63, 3.8) is 0 Å². The van der Waals surface area contributed by atoms with Crippen LogP contribution in [-0.2, 0) is 4.79 Å². The Morgan fingerprint density at radius 3 is 2.88 bits per heavy atom. The normalized spacial score (nSPS) is 9.83. The molecule has 0 saturated heterocycles. The molecule has 1 N–H and O–H groups in total. The third-order valence-electron chi connectivity index (χ3n) is 2.99. The summed E-state index contributed by atoms with van der Waals surface area (Å²) in [6.07, 6.45) is 1.71. The van der Waals surface area contributed by atoms with E-state index in [-0.39, 0.29) is 5.91 Å². The molecule has 0 radical (unpaired) electrons. The first-order chi connectivity index (χ1) is 11.8. The lowest BCUT2D eigenvalue weighted by atomic mass is 10.2. The van der Waals surface area contributed by atoms with Gasteiger partial charge >= 0.3 is 0 Å². The molecule has 0 saturated carbocycles. The number of benzene rings is 1. The first kappa shape index (κ1) is 16.3. The van der Waals surface area contributed by atoms with Crippen LogP contribution in [0.5, 0.6) is 0 Å². The number of amides is 1. The number of pyridine rings is 1. The van der Waals surface area contributed by atoms with Gasteiger partial charge in [-0.05, 0) is 47.7 Å². The van der Waals surface area contributed by atoms with Crippen LogP contribution in [0.4, 0.5) is 5.69 Å². The Balaban J connectivity index is 1.61. The van der Waals surface area contributed by atoms with Gasteiger partial charge in [0.25, 0.3) is 0 Å². The lowest BCUT2D eigenvalue weighted by molar-refractivity contribution is -0.113. The maximum absolute atomic E-state index is 12.0. The monoisotopic (exact) mass is 350 g/mol. The number of rotatable bonds is 4. The van der Waals surface area contributed by atoms with E-state index in [2.05, 4.69) is 22.1 Å². The predicted molar refractivity (Wildman–Crippen MR) is 100 cm³/mol. The van der Waals surface area contributed by atoms with E-state index in [0.717, 1.165) is 21.2 Å². The molecule has 3 aromatic rings. The zero-order valence-corrected chi connectivity index (χ0v) is 14.4.